The van der Waals surface area contributed by atoms with Crippen LogP contribution in [0.15, 0.2) is 28.7 Å². The van der Waals surface area contributed by atoms with Crippen LogP contribution >= 0.6 is 15.9 Å². The number of carbonyl (C=O) groups excluding carboxylic acids is 1. The molecule has 2 N–H and O–H groups in total. The van der Waals surface area contributed by atoms with Gasteiger partial charge in [0.2, 0.25) is 0 Å². The summed E-state index contributed by atoms with van der Waals surface area (Å²) in [6.07, 6.45) is 0.789. The zero-order chi connectivity index (χ0) is 14.6. The number of esters is 1. The molecule has 0 aromatic heterocycles. The van der Waals surface area contributed by atoms with Crippen LogP contribution in [0.2, 0.25) is 0 Å². The normalized spacial score (nSPS) is 14.8. The predicted octanol–water partition coefficient (Wildman–Crippen LogP) is 3.61. The van der Waals surface area contributed by atoms with E-state index in [2.05, 4.69) is 15.9 Å². The molecule has 1 aromatic carbocycles. The van der Waals surface area contributed by atoms with Crippen molar-refractivity contribution >= 4 is 21.9 Å². The third-order valence-electron chi connectivity index (χ3n) is 2.83. The maximum atomic E-state index is 12.1. The molecule has 1 rings (SSSR count). The highest BCUT2D eigenvalue weighted by atomic mass is 79.9. The number of nitrogens with two attached hydrogens (primary N) is 1. The van der Waals surface area contributed by atoms with Gasteiger partial charge in [0.1, 0.15) is 11.6 Å². The van der Waals surface area contributed by atoms with Crippen molar-refractivity contribution in [2.75, 3.05) is 0 Å². The van der Waals surface area contributed by atoms with E-state index in [0.717, 1.165) is 16.5 Å². The Morgan fingerprint density at radius 3 is 2.53 bits per heavy atom. The van der Waals surface area contributed by atoms with E-state index in [4.69, 9.17) is 10.5 Å². The number of halogens is 1. The maximum absolute atomic E-state index is 12.1. The van der Waals surface area contributed by atoms with E-state index in [1.807, 2.05) is 52.0 Å². The Bertz CT molecular complexity index is 440. The van der Waals surface area contributed by atoms with Gasteiger partial charge in [-0.15, -0.1) is 0 Å². The monoisotopic (exact) mass is 327 g/mol. The fourth-order valence-corrected chi connectivity index (χ4v) is 2.39. The quantitative estimate of drug-likeness (QED) is 0.859. The van der Waals surface area contributed by atoms with Gasteiger partial charge in [-0.25, -0.2) is 0 Å². The minimum atomic E-state index is -0.640. The molecule has 0 radical (unpaired) electrons. The molecule has 0 saturated carbocycles. The molecule has 0 fully saturated rings. The molecule has 0 saturated heterocycles. The third-order valence-corrected chi connectivity index (χ3v) is 3.32. The first-order chi connectivity index (χ1) is 8.74. The first-order valence-electron chi connectivity index (χ1n) is 6.48. The van der Waals surface area contributed by atoms with Gasteiger partial charge in [-0.3, -0.25) is 4.79 Å². The molecule has 0 amide bonds. The average Bonchev–Trinajstić information content (AvgIpc) is 2.27. The van der Waals surface area contributed by atoms with Crippen molar-refractivity contribution in [1.82, 2.24) is 0 Å². The van der Waals surface area contributed by atoms with Gasteiger partial charge in [-0.2, -0.15) is 0 Å². The molecule has 0 aliphatic heterocycles. The highest BCUT2D eigenvalue weighted by Gasteiger charge is 2.29. The van der Waals surface area contributed by atoms with Gasteiger partial charge < -0.3 is 10.5 Å². The minimum Gasteiger partial charge on any atom is -0.459 e. The fraction of sp³-hybridized carbons (Fsp3) is 0.533. The molecule has 0 aliphatic rings. The largest absolute Gasteiger partial charge is 0.459 e. The molecule has 4 heteroatoms. The van der Waals surface area contributed by atoms with E-state index >= 15 is 0 Å². The Labute approximate surface area is 123 Å². The fourth-order valence-electron chi connectivity index (χ4n) is 1.97. The second kappa shape index (κ2) is 6.53. The Hall–Kier alpha value is -0.870. The van der Waals surface area contributed by atoms with E-state index in [1.165, 1.54) is 0 Å². The second-order valence-corrected chi connectivity index (χ2v) is 6.54. The molecule has 0 bridgehead atoms. The van der Waals surface area contributed by atoms with Gasteiger partial charge in [0.25, 0.3) is 0 Å². The van der Waals surface area contributed by atoms with Crippen molar-refractivity contribution in [1.29, 1.82) is 0 Å². The van der Waals surface area contributed by atoms with Crippen molar-refractivity contribution in [2.45, 2.75) is 51.7 Å². The highest BCUT2D eigenvalue weighted by molar-refractivity contribution is 9.10. The number of hydrogen-bond donors (Lipinski definition) is 1. The van der Waals surface area contributed by atoms with Crippen molar-refractivity contribution < 1.29 is 9.53 Å². The number of carbonyl (C=O) groups is 1. The topological polar surface area (TPSA) is 52.3 Å². The highest BCUT2D eigenvalue weighted by Crippen LogP contribution is 2.26. The summed E-state index contributed by atoms with van der Waals surface area (Å²) in [6.45, 7) is 7.56. The van der Waals surface area contributed by atoms with E-state index in [1.54, 1.807) is 0 Å². The van der Waals surface area contributed by atoms with E-state index < -0.39 is 11.6 Å². The van der Waals surface area contributed by atoms with Crippen LogP contribution < -0.4 is 5.73 Å². The molecular weight excluding hydrogens is 306 g/mol. The zero-order valence-electron chi connectivity index (χ0n) is 11.9. The van der Waals surface area contributed by atoms with E-state index in [0.29, 0.717) is 0 Å². The molecule has 2 atom stereocenters. The van der Waals surface area contributed by atoms with Gasteiger partial charge in [-0.1, -0.05) is 35.0 Å². The predicted molar refractivity (Wildman–Crippen MR) is 81.0 cm³/mol. The number of benzene rings is 1. The number of rotatable bonds is 4. The Morgan fingerprint density at radius 2 is 2.05 bits per heavy atom. The lowest BCUT2D eigenvalue weighted by atomic mass is 9.89. The third kappa shape index (κ3) is 4.96. The Morgan fingerprint density at radius 1 is 1.42 bits per heavy atom. The van der Waals surface area contributed by atoms with E-state index in [9.17, 15) is 4.79 Å². The lowest BCUT2D eigenvalue weighted by Crippen LogP contribution is -2.41. The second-order valence-electron chi connectivity index (χ2n) is 5.63. The van der Waals surface area contributed by atoms with Crippen LogP contribution in [0.4, 0.5) is 0 Å². The van der Waals surface area contributed by atoms with Gasteiger partial charge in [0, 0.05) is 10.4 Å². The Balaban J connectivity index is 2.88. The minimum absolute atomic E-state index is 0.0349. The summed E-state index contributed by atoms with van der Waals surface area (Å²) in [7, 11) is 0. The van der Waals surface area contributed by atoms with Gasteiger partial charge >= 0.3 is 5.97 Å². The molecular formula is C15H22BrNO2. The average molecular weight is 328 g/mol. The Kier molecular flexibility index (Phi) is 5.56. The standard InChI is InChI=1S/C15H22BrNO2/c1-5-12(10-7-6-8-11(16)9-10)13(17)14(18)19-15(2,3)4/h6-9,12-13H,5,17H2,1-4H3. The molecule has 2 unspecified atom stereocenters. The summed E-state index contributed by atoms with van der Waals surface area (Å²) in [5, 5.41) is 0. The first-order valence-corrected chi connectivity index (χ1v) is 7.28. The summed E-state index contributed by atoms with van der Waals surface area (Å²) in [6, 6.07) is 7.25. The van der Waals surface area contributed by atoms with Crippen molar-refractivity contribution in [3.8, 4) is 0 Å². The number of ether oxygens (including phenoxy) is 1. The lowest BCUT2D eigenvalue weighted by Gasteiger charge is -2.26. The lowest BCUT2D eigenvalue weighted by molar-refractivity contribution is -0.157. The first kappa shape index (κ1) is 16.2. The smallest absolute Gasteiger partial charge is 0.324 e. The van der Waals surface area contributed by atoms with Crippen molar-refractivity contribution in [3.05, 3.63) is 34.3 Å². The molecule has 0 heterocycles. The summed E-state index contributed by atoms with van der Waals surface area (Å²) in [5.74, 6) is -0.383. The molecule has 0 spiro atoms. The number of hydrogen-bond acceptors (Lipinski definition) is 3. The van der Waals surface area contributed by atoms with Gasteiger partial charge in [0.15, 0.2) is 0 Å². The molecule has 1 aromatic rings. The zero-order valence-corrected chi connectivity index (χ0v) is 13.5. The van der Waals surface area contributed by atoms with Crippen LogP contribution in [0.1, 0.15) is 45.6 Å². The summed E-state index contributed by atoms with van der Waals surface area (Å²) in [4.78, 5) is 12.1. The van der Waals surface area contributed by atoms with Crippen LogP contribution in [-0.4, -0.2) is 17.6 Å². The van der Waals surface area contributed by atoms with Crippen LogP contribution in [0, 0.1) is 0 Å². The summed E-state index contributed by atoms with van der Waals surface area (Å²) in [5.41, 5.74) is 6.61. The van der Waals surface area contributed by atoms with Gasteiger partial charge in [0.05, 0.1) is 0 Å². The maximum Gasteiger partial charge on any atom is 0.324 e. The van der Waals surface area contributed by atoms with Crippen LogP contribution in [0.5, 0.6) is 0 Å². The molecule has 0 aliphatic carbocycles. The molecule has 3 nitrogen and oxygen atoms in total. The van der Waals surface area contributed by atoms with Crippen molar-refractivity contribution in [3.63, 3.8) is 0 Å². The summed E-state index contributed by atoms with van der Waals surface area (Å²) < 4.78 is 6.34. The molecule has 19 heavy (non-hydrogen) atoms. The van der Waals surface area contributed by atoms with E-state index in [-0.39, 0.29) is 11.9 Å². The van der Waals surface area contributed by atoms with Crippen LogP contribution in [0.3, 0.4) is 0 Å². The van der Waals surface area contributed by atoms with Gasteiger partial charge in [-0.05, 0) is 44.9 Å². The molecule has 106 valence electrons. The SMILES string of the molecule is CCC(c1cccc(Br)c1)C(N)C(=O)OC(C)(C)C. The van der Waals surface area contributed by atoms with Crippen LogP contribution in [0.25, 0.3) is 0 Å². The summed E-state index contributed by atoms with van der Waals surface area (Å²) >= 11 is 3.44. The van der Waals surface area contributed by atoms with Crippen LogP contribution in [-0.2, 0) is 9.53 Å². The van der Waals surface area contributed by atoms with Crippen molar-refractivity contribution in [2.24, 2.45) is 5.73 Å².